The van der Waals surface area contributed by atoms with Crippen molar-refractivity contribution in [3.05, 3.63) is 46.2 Å². The molecule has 0 saturated carbocycles. The summed E-state index contributed by atoms with van der Waals surface area (Å²) in [7, 11) is 1.94. The lowest BCUT2D eigenvalue weighted by atomic mass is 10.1. The molecule has 0 spiro atoms. The molecule has 2 aromatic rings. The average Bonchev–Trinajstić information content (AvgIpc) is 2.81. The van der Waals surface area contributed by atoms with Gasteiger partial charge < -0.3 is 15.7 Å². The van der Waals surface area contributed by atoms with Crippen LogP contribution in [0.3, 0.4) is 0 Å². The molecule has 0 aliphatic heterocycles. The Kier molecular flexibility index (Phi) is 3.53. The van der Waals surface area contributed by atoms with Crippen molar-refractivity contribution in [2.45, 2.75) is 6.54 Å². The van der Waals surface area contributed by atoms with E-state index in [0.717, 1.165) is 12.2 Å². The van der Waals surface area contributed by atoms with Crippen LogP contribution >= 0.6 is 11.3 Å². The van der Waals surface area contributed by atoms with Crippen LogP contribution in [0, 0.1) is 0 Å². The molecule has 0 bridgehead atoms. The molecule has 3 N–H and O–H groups in total. The average molecular weight is 262 g/mol. The number of carbonyl (C=O) groups is 1. The van der Waals surface area contributed by atoms with Crippen LogP contribution in [0.25, 0.3) is 0 Å². The second-order valence-electron chi connectivity index (χ2n) is 4.01. The molecule has 18 heavy (non-hydrogen) atoms. The lowest BCUT2D eigenvalue weighted by Crippen LogP contribution is -2.17. The number of hydrogen-bond acceptors (Lipinski definition) is 4. The van der Waals surface area contributed by atoms with E-state index in [0.29, 0.717) is 5.69 Å². The number of nitrogens with zero attached hydrogens (tertiary/aromatic N) is 1. The van der Waals surface area contributed by atoms with Crippen molar-refractivity contribution in [3.8, 4) is 0 Å². The van der Waals surface area contributed by atoms with Crippen LogP contribution in [-0.4, -0.2) is 18.1 Å². The predicted molar refractivity (Wildman–Crippen MR) is 74.2 cm³/mol. The molecular formula is C13H14N2O2S. The van der Waals surface area contributed by atoms with E-state index >= 15 is 0 Å². The van der Waals surface area contributed by atoms with Crippen molar-refractivity contribution in [3.63, 3.8) is 0 Å². The van der Waals surface area contributed by atoms with Crippen LogP contribution in [0.15, 0.2) is 35.7 Å². The zero-order valence-electron chi connectivity index (χ0n) is 9.96. The van der Waals surface area contributed by atoms with E-state index in [9.17, 15) is 4.79 Å². The van der Waals surface area contributed by atoms with Gasteiger partial charge in [0.2, 0.25) is 0 Å². The third-order valence-corrected chi connectivity index (χ3v) is 3.52. The predicted octanol–water partition coefficient (Wildman–Crippen LogP) is 2.66. The summed E-state index contributed by atoms with van der Waals surface area (Å²) in [6.45, 7) is 0.758. The highest BCUT2D eigenvalue weighted by atomic mass is 32.1. The molecule has 4 nitrogen and oxygen atoms in total. The Balaban J connectivity index is 2.20. The Morgan fingerprint density at radius 1 is 1.44 bits per heavy atom. The van der Waals surface area contributed by atoms with Crippen LogP contribution in [0.5, 0.6) is 0 Å². The number of carboxylic acids is 1. The first kappa shape index (κ1) is 12.4. The maximum Gasteiger partial charge on any atom is 0.335 e. The minimum Gasteiger partial charge on any atom is -0.478 e. The highest BCUT2D eigenvalue weighted by Crippen LogP contribution is 2.25. The molecule has 0 amide bonds. The molecule has 0 aliphatic carbocycles. The standard InChI is InChI=1S/C13H14N2O2S/c1-15(8-10-3-2-6-18-10)12-5-4-9(13(16)17)7-11(12)14/h2-7H,8,14H2,1H3,(H,16,17). The molecule has 5 heteroatoms. The van der Waals surface area contributed by atoms with Crippen molar-refractivity contribution in [1.29, 1.82) is 0 Å². The lowest BCUT2D eigenvalue weighted by molar-refractivity contribution is 0.0697. The van der Waals surface area contributed by atoms with Gasteiger partial charge in [-0.25, -0.2) is 4.79 Å². The number of hydrogen-bond donors (Lipinski definition) is 2. The molecular weight excluding hydrogens is 248 g/mol. The Labute approximate surface area is 109 Å². The fraction of sp³-hybridized carbons (Fsp3) is 0.154. The van der Waals surface area contributed by atoms with Gasteiger partial charge in [-0.15, -0.1) is 11.3 Å². The Morgan fingerprint density at radius 2 is 2.22 bits per heavy atom. The quantitative estimate of drug-likeness (QED) is 0.831. The molecule has 0 unspecified atom stereocenters. The van der Waals surface area contributed by atoms with E-state index in [1.54, 1.807) is 23.5 Å². The molecule has 0 saturated heterocycles. The molecule has 0 radical (unpaired) electrons. The van der Waals surface area contributed by atoms with Gasteiger partial charge in [-0.05, 0) is 29.6 Å². The second kappa shape index (κ2) is 5.10. The zero-order valence-corrected chi connectivity index (χ0v) is 10.8. The second-order valence-corrected chi connectivity index (χ2v) is 5.05. The van der Waals surface area contributed by atoms with E-state index in [-0.39, 0.29) is 5.56 Å². The van der Waals surface area contributed by atoms with E-state index in [1.807, 2.05) is 23.4 Å². The molecule has 1 aromatic carbocycles. The summed E-state index contributed by atoms with van der Waals surface area (Å²) in [6, 6.07) is 8.86. The summed E-state index contributed by atoms with van der Waals surface area (Å²) in [4.78, 5) is 14.1. The van der Waals surface area contributed by atoms with Gasteiger partial charge in [0.05, 0.1) is 23.5 Å². The number of nitrogen functional groups attached to an aromatic ring is 1. The van der Waals surface area contributed by atoms with Crippen LogP contribution < -0.4 is 10.6 Å². The first-order valence-corrected chi connectivity index (χ1v) is 6.32. The van der Waals surface area contributed by atoms with Gasteiger partial charge in [-0.2, -0.15) is 0 Å². The normalized spacial score (nSPS) is 10.3. The van der Waals surface area contributed by atoms with Gasteiger partial charge in [0.1, 0.15) is 0 Å². The summed E-state index contributed by atoms with van der Waals surface area (Å²) in [5, 5.41) is 10.9. The summed E-state index contributed by atoms with van der Waals surface area (Å²) < 4.78 is 0. The van der Waals surface area contributed by atoms with Gasteiger partial charge in [0, 0.05) is 11.9 Å². The maximum atomic E-state index is 10.8. The number of anilines is 2. The summed E-state index contributed by atoms with van der Waals surface area (Å²) in [5.74, 6) is -0.964. The van der Waals surface area contributed by atoms with Gasteiger partial charge in [-0.3, -0.25) is 0 Å². The van der Waals surface area contributed by atoms with Gasteiger partial charge in [-0.1, -0.05) is 6.07 Å². The number of aromatic carboxylic acids is 1. The minimum atomic E-state index is -0.964. The maximum absolute atomic E-state index is 10.8. The smallest absolute Gasteiger partial charge is 0.335 e. The fourth-order valence-electron chi connectivity index (χ4n) is 1.76. The topological polar surface area (TPSA) is 66.6 Å². The van der Waals surface area contributed by atoms with E-state index in [2.05, 4.69) is 6.07 Å². The van der Waals surface area contributed by atoms with E-state index in [4.69, 9.17) is 10.8 Å². The van der Waals surface area contributed by atoms with Crippen LogP contribution in [0.1, 0.15) is 15.2 Å². The number of nitrogens with two attached hydrogens (primary N) is 1. The molecule has 0 fully saturated rings. The summed E-state index contributed by atoms with van der Waals surface area (Å²) in [6.07, 6.45) is 0. The Bertz CT molecular complexity index is 552. The molecule has 1 heterocycles. The Morgan fingerprint density at radius 3 is 2.78 bits per heavy atom. The SMILES string of the molecule is CN(Cc1cccs1)c1ccc(C(=O)O)cc1N. The van der Waals surface area contributed by atoms with Crippen molar-refractivity contribution in [1.82, 2.24) is 0 Å². The van der Waals surface area contributed by atoms with Crippen molar-refractivity contribution in [2.75, 3.05) is 17.7 Å². The van der Waals surface area contributed by atoms with E-state index in [1.165, 1.54) is 10.9 Å². The minimum absolute atomic E-state index is 0.209. The van der Waals surface area contributed by atoms with Gasteiger partial charge in [0.25, 0.3) is 0 Å². The first-order valence-electron chi connectivity index (χ1n) is 5.44. The molecule has 94 valence electrons. The Hall–Kier alpha value is -2.01. The van der Waals surface area contributed by atoms with Crippen molar-refractivity contribution in [2.24, 2.45) is 0 Å². The van der Waals surface area contributed by atoms with Crippen LogP contribution in [0.4, 0.5) is 11.4 Å². The molecule has 0 aliphatic rings. The molecule has 2 rings (SSSR count). The number of thiophene rings is 1. The largest absolute Gasteiger partial charge is 0.478 e. The van der Waals surface area contributed by atoms with Gasteiger partial charge in [0.15, 0.2) is 0 Å². The zero-order chi connectivity index (χ0) is 13.1. The van der Waals surface area contributed by atoms with Crippen LogP contribution in [0.2, 0.25) is 0 Å². The van der Waals surface area contributed by atoms with Crippen LogP contribution in [-0.2, 0) is 6.54 Å². The first-order chi connectivity index (χ1) is 8.58. The molecule has 0 atom stereocenters. The fourth-order valence-corrected chi connectivity index (χ4v) is 2.51. The highest BCUT2D eigenvalue weighted by molar-refractivity contribution is 7.09. The van der Waals surface area contributed by atoms with Gasteiger partial charge >= 0.3 is 5.97 Å². The monoisotopic (exact) mass is 262 g/mol. The highest BCUT2D eigenvalue weighted by Gasteiger charge is 2.10. The van der Waals surface area contributed by atoms with E-state index < -0.39 is 5.97 Å². The van der Waals surface area contributed by atoms with Crippen molar-refractivity contribution >= 4 is 28.7 Å². The lowest BCUT2D eigenvalue weighted by Gasteiger charge is -2.20. The van der Waals surface area contributed by atoms with Crippen molar-refractivity contribution < 1.29 is 9.90 Å². The summed E-state index contributed by atoms with van der Waals surface area (Å²) in [5.41, 5.74) is 7.42. The third-order valence-electron chi connectivity index (χ3n) is 2.66. The number of carboxylic acid groups (broad SMARTS) is 1. The summed E-state index contributed by atoms with van der Waals surface area (Å²) >= 11 is 1.68. The number of rotatable bonds is 4. The molecule has 1 aromatic heterocycles. The number of benzene rings is 1. The third kappa shape index (κ3) is 2.62.